The summed E-state index contributed by atoms with van der Waals surface area (Å²) in [5.41, 5.74) is 0.716. The van der Waals surface area contributed by atoms with Gasteiger partial charge in [-0.3, -0.25) is 19.4 Å². The van der Waals surface area contributed by atoms with Crippen molar-refractivity contribution in [3.63, 3.8) is 0 Å². The summed E-state index contributed by atoms with van der Waals surface area (Å²) in [6.07, 6.45) is 3.50. The van der Waals surface area contributed by atoms with E-state index in [1.54, 1.807) is 36.7 Å². The van der Waals surface area contributed by atoms with Crippen LogP contribution in [0.25, 0.3) is 10.8 Å². The van der Waals surface area contributed by atoms with E-state index in [1.165, 1.54) is 0 Å². The highest BCUT2D eigenvalue weighted by Crippen LogP contribution is 2.23. The SMILES string of the molecule is O=C1c2ccccc2C(=O)N1OCCOc1ccc2cnccc2c1. The maximum Gasteiger partial charge on any atom is 0.285 e. The molecule has 0 saturated heterocycles. The molecule has 1 aliphatic heterocycles. The summed E-state index contributed by atoms with van der Waals surface area (Å²) in [6.45, 7) is 0.295. The number of aromatic nitrogens is 1. The number of imide groups is 1. The van der Waals surface area contributed by atoms with Crippen molar-refractivity contribution in [3.05, 3.63) is 72.1 Å². The smallest absolute Gasteiger partial charge is 0.285 e. The van der Waals surface area contributed by atoms with Crippen molar-refractivity contribution in [1.29, 1.82) is 0 Å². The molecule has 0 spiro atoms. The summed E-state index contributed by atoms with van der Waals surface area (Å²) in [5, 5.41) is 2.84. The van der Waals surface area contributed by atoms with E-state index in [0.717, 1.165) is 15.8 Å². The highest BCUT2D eigenvalue weighted by atomic mass is 16.7. The molecule has 6 heteroatoms. The standard InChI is InChI=1S/C19H14N2O4/c22-18-16-3-1-2-4-17(16)19(23)21(18)25-10-9-24-15-6-5-14-12-20-8-7-13(14)11-15/h1-8,11-12H,9-10H2. The third kappa shape index (κ3) is 2.83. The van der Waals surface area contributed by atoms with Gasteiger partial charge in [-0.15, -0.1) is 5.06 Å². The Morgan fingerprint density at radius 2 is 1.64 bits per heavy atom. The molecule has 6 nitrogen and oxygen atoms in total. The normalized spacial score (nSPS) is 13.4. The predicted octanol–water partition coefficient (Wildman–Crippen LogP) is 2.84. The lowest BCUT2D eigenvalue weighted by molar-refractivity contribution is -0.0976. The molecule has 1 aromatic heterocycles. The van der Waals surface area contributed by atoms with Crippen LogP contribution in [0.1, 0.15) is 20.7 Å². The first kappa shape index (κ1) is 15.3. The molecule has 0 unspecified atom stereocenters. The molecule has 25 heavy (non-hydrogen) atoms. The van der Waals surface area contributed by atoms with Crippen molar-refractivity contribution in [2.45, 2.75) is 0 Å². The van der Waals surface area contributed by atoms with Crippen LogP contribution in [-0.2, 0) is 4.84 Å². The molecule has 0 saturated carbocycles. The zero-order valence-corrected chi connectivity index (χ0v) is 13.2. The van der Waals surface area contributed by atoms with Gasteiger partial charge in [-0.05, 0) is 41.8 Å². The van der Waals surface area contributed by atoms with E-state index < -0.39 is 11.8 Å². The first-order valence-corrected chi connectivity index (χ1v) is 7.81. The molecule has 4 rings (SSSR count). The highest BCUT2D eigenvalue weighted by molar-refractivity contribution is 6.20. The Morgan fingerprint density at radius 3 is 2.40 bits per heavy atom. The zero-order chi connectivity index (χ0) is 17.2. The summed E-state index contributed by atoms with van der Waals surface area (Å²) >= 11 is 0. The number of fused-ring (bicyclic) bond motifs is 2. The maximum atomic E-state index is 12.2. The van der Waals surface area contributed by atoms with Gasteiger partial charge >= 0.3 is 0 Å². The number of benzene rings is 2. The van der Waals surface area contributed by atoms with E-state index in [-0.39, 0.29) is 13.2 Å². The predicted molar refractivity (Wildman–Crippen MR) is 90.1 cm³/mol. The van der Waals surface area contributed by atoms with Crippen LogP contribution in [0.5, 0.6) is 5.75 Å². The Labute approximate surface area is 143 Å². The Bertz CT molecular complexity index is 935. The summed E-state index contributed by atoms with van der Waals surface area (Å²) in [5.74, 6) is -0.206. The topological polar surface area (TPSA) is 68.7 Å². The van der Waals surface area contributed by atoms with Crippen molar-refractivity contribution < 1.29 is 19.2 Å². The fraction of sp³-hybridized carbons (Fsp3) is 0.105. The molecule has 2 heterocycles. The Balaban J connectivity index is 1.35. The van der Waals surface area contributed by atoms with Gasteiger partial charge in [0, 0.05) is 17.8 Å². The monoisotopic (exact) mass is 334 g/mol. The van der Waals surface area contributed by atoms with Crippen molar-refractivity contribution in [2.24, 2.45) is 0 Å². The van der Waals surface area contributed by atoms with Gasteiger partial charge in [-0.2, -0.15) is 0 Å². The number of carbonyl (C=O) groups excluding carboxylic acids is 2. The van der Waals surface area contributed by atoms with Crippen LogP contribution in [0, 0.1) is 0 Å². The van der Waals surface area contributed by atoms with E-state index in [9.17, 15) is 9.59 Å². The van der Waals surface area contributed by atoms with Crippen LogP contribution in [0.2, 0.25) is 0 Å². The van der Waals surface area contributed by atoms with Gasteiger partial charge in [-0.25, -0.2) is 0 Å². The molecule has 1 aliphatic rings. The van der Waals surface area contributed by atoms with Crippen LogP contribution in [0.4, 0.5) is 0 Å². The van der Waals surface area contributed by atoms with Crippen LogP contribution >= 0.6 is 0 Å². The van der Waals surface area contributed by atoms with E-state index in [2.05, 4.69) is 4.98 Å². The van der Waals surface area contributed by atoms with Gasteiger partial charge in [0.25, 0.3) is 11.8 Å². The first-order chi connectivity index (χ1) is 12.2. The van der Waals surface area contributed by atoms with Crippen molar-refractivity contribution in [2.75, 3.05) is 13.2 Å². The van der Waals surface area contributed by atoms with E-state index in [4.69, 9.17) is 9.57 Å². The van der Waals surface area contributed by atoms with Crippen molar-refractivity contribution >= 4 is 22.6 Å². The average molecular weight is 334 g/mol. The number of hydrogen-bond acceptors (Lipinski definition) is 5. The fourth-order valence-corrected chi connectivity index (χ4v) is 2.72. The second-order valence-electron chi connectivity index (χ2n) is 5.52. The number of hydroxylamine groups is 2. The van der Waals surface area contributed by atoms with E-state index in [0.29, 0.717) is 16.9 Å². The third-order valence-corrected chi connectivity index (χ3v) is 3.94. The molecule has 0 aliphatic carbocycles. The molecule has 0 N–H and O–H groups in total. The first-order valence-electron chi connectivity index (χ1n) is 7.81. The minimum atomic E-state index is -0.446. The average Bonchev–Trinajstić information content (AvgIpc) is 2.90. The quantitative estimate of drug-likeness (QED) is 0.530. The molecular weight excluding hydrogens is 320 g/mol. The van der Waals surface area contributed by atoms with Gasteiger partial charge < -0.3 is 4.74 Å². The van der Waals surface area contributed by atoms with Crippen molar-refractivity contribution in [3.8, 4) is 5.75 Å². The minimum Gasteiger partial charge on any atom is -0.491 e. The zero-order valence-electron chi connectivity index (χ0n) is 13.2. The Kier molecular flexibility index (Phi) is 3.87. The lowest BCUT2D eigenvalue weighted by Crippen LogP contribution is -2.31. The molecule has 0 atom stereocenters. The molecular formula is C19H14N2O4. The van der Waals surface area contributed by atoms with Crippen molar-refractivity contribution in [1.82, 2.24) is 10.0 Å². The molecule has 0 bridgehead atoms. The molecule has 0 radical (unpaired) electrons. The third-order valence-electron chi connectivity index (χ3n) is 3.94. The van der Waals surface area contributed by atoms with Gasteiger partial charge in [-0.1, -0.05) is 12.1 Å². The largest absolute Gasteiger partial charge is 0.491 e. The van der Waals surface area contributed by atoms with Gasteiger partial charge in [0.2, 0.25) is 0 Å². The molecule has 2 aromatic carbocycles. The number of carbonyl (C=O) groups is 2. The van der Waals surface area contributed by atoms with E-state index >= 15 is 0 Å². The number of ether oxygens (including phenoxy) is 1. The Morgan fingerprint density at radius 1 is 0.880 bits per heavy atom. The van der Waals surface area contributed by atoms with Crippen LogP contribution in [-0.4, -0.2) is 35.1 Å². The van der Waals surface area contributed by atoms with E-state index in [1.807, 2.05) is 24.3 Å². The van der Waals surface area contributed by atoms with Crippen LogP contribution in [0.3, 0.4) is 0 Å². The molecule has 3 aromatic rings. The minimum absolute atomic E-state index is 0.0832. The molecule has 2 amide bonds. The van der Waals surface area contributed by atoms with Crippen LogP contribution in [0.15, 0.2) is 60.9 Å². The number of pyridine rings is 1. The number of hydrogen-bond donors (Lipinski definition) is 0. The lowest BCUT2D eigenvalue weighted by Gasteiger charge is -2.14. The van der Waals surface area contributed by atoms with Gasteiger partial charge in [0.1, 0.15) is 19.0 Å². The maximum absolute atomic E-state index is 12.2. The fourth-order valence-electron chi connectivity index (χ4n) is 2.72. The Hall–Kier alpha value is -3.25. The van der Waals surface area contributed by atoms with Gasteiger partial charge in [0.05, 0.1) is 11.1 Å². The second-order valence-corrected chi connectivity index (χ2v) is 5.52. The number of rotatable bonds is 5. The molecule has 0 fully saturated rings. The van der Waals surface area contributed by atoms with Gasteiger partial charge in [0.15, 0.2) is 0 Å². The highest BCUT2D eigenvalue weighted by Gasteiger charge is 2.36. The van der Waals surface area contributed by atoms with Crippen LogP contribution < -0.4 is 4.74 Å². The number of nitrogens with zero attached hydrogens (tertiary/aromatic N) is 2. The number of amides is 2. The second kappa shape index (κ2) is 6.33. The summed E-state index contributed by atoms with van der Waals surface area (Å²) < 4.78 is 5.63. The lowest BCUT2D eigenvalue weighted by atomic mass is 10.1. The summed E-state index contributed by atoms with van der Waals surface area (Å²) in [6, 6.07) is 14.2. The summed E-state index contributed by atoms with van der Waals surface area (Å²) in [7, 11) is 0. The summed E-state index contributed by atoms with van der Waals surface area (Å²) in [4.78, 5) is 33.7. The molecule has 124 valence electrons.